The first kappa shape index (κ1) is 18.6. The average molecular weight is 397 g/mol. The number of ether oxygens (including phenoxy) is 2. The van der Waals surface area contributed by atoms with Crippen LogP contribution in [0.15, 0.2) is 28.9 Å². The van der Waals surface area contributed by atoms with Gasteiger partial charge in [0.15, 0.2) is 5.69 Å². The molecule has 3 atom stereocenters. The number of nitrogens with zero attached hydrogens (tertiary/aromatic N) is 3. The molecule has 154 valence electrons. The second-order valence-corrected chi connectivity index (χ2v) is 8.36. The molecule has 0 aromatic carbocycles. The minimum absolute atomic E-state index is 0.0119. The Morgan fingerprint density at radius 3 is 3.00 bits per heavy atom. The third kappa shape index (κ3) is 3.21. The normalized spacial score (nSPS) is 28.7. The van der Waals surface area contributed by atoms with Gasteiger partial charge in [0.25, 0.3) is 5.91 Å². The largest absolute Gasteiger partial charge is 0.474 e. The molecule has 7 nitrogen and oxygen atoms in total. The average Bonchev–Trinajstić information content (AvgIpc) is 3.36. The highest BCUT2D eigenvalue weighted by molar-refractivity contribution is 5.94. The molecule has 2 aliphatic carbocycles. The number of methoxy groups -OCH3 is 1. The van der Waals surface area contributed by atoms with Crippen LogP contribution in [0, 0.1) is 0 Å². The van der Waals surface area contributed by atoms with Gasteiger partial charge in [-0.25, -0.2) is 4.98 Å². The Kier molecular flexibility index (Phi) is 4.78. The van der Waals surface area contributed by atoms with E-state index in [0.29, 0.717) is 18.1 Å². The van der Waals surface area contributed by atoms with E-state index in [1.165, 1.54) is 0 Å². The molecule has 3 aliphatic rings. The van der Waals surface area contributed by atoms with E-state index in [0.717, 1.165) is 62.7 Å². The van der Waals surface area contributed by atoms with Crippen molar-refractivity contribution >= 4 is 5.91 Å². The van der Waals surface area contributed by atoms with Gasteiger partial charge in [-0.15, -0.1) is 0 Å². The van der Waals surface area contributed by atoms with Crippen LogP contribution in [0.1, 0.15) is 60.3 Å². The third-order valence-corrected chi connectivity index (χ3v) is 6.88. The lowest BCUT2D eigenvalue weighted by atomic mass is 9.79. The molecule has 0 radical (unpaired) electrons. The van der Waals surface area contributed by atoms with E-state index >= 15 is 0 Å². The van der Waals surface area contributed by atoms with Crippen LogP contribution in [-0.4, -0.2) is 52.3 Å². The maximum atomic E-state index is 13.5. The quantitative estimate of drug-likeness (QED) is 0.789. The molecule has 3 heterocycles. The summed E-state index contributed by atoms with van der Waals surface area (Å²) in [6, 6.07) is 5.64. The van der Waals surface area contributed by atoms with Gasteiger partial charge in [0, 0.05) is 44.3 Å². The van der Waals surface area contributed by atoms with Crippen LogP contribution >= 0.6 is 0 Å². The van der Waals surface area contributed by atoms with Crippen LogP contribution < -0.4 is 4.74 Å². The summed E-state index contributed by atoms with van der Waals surface area (Å²) in [5.41, 5.74) is 1.20. The summed E-state index contributed by atoms with van der Waals surface area (Å²) in [5, 5.41) is 4.17. The van der Waals surface area contributed by atoms with E-state index in [1.54, 1.807) is 13.3 Å². The lowest BCUT2D eigenvalue weighted by Crippen LogP contribution is -2.53. The number of hydrogen-bond acceptors (Lipinski definition) is 6. The van der Waals surface area contributed by atoms with Gasteiger partial charge >= 0.3 is 0 Å². The summed E-state index contributed by atoms with van der Waals surface area (Å²) >= 11 is 0. The molecule has 1 saturated heterocycles. The van der Waals surface area contributed by atoms with Gasteiger partial charge in [-0.05, 0) is 44.6 Å². The molecule has 7 heteroatoms. The first-order chi connectivity index (χ1) is 14.2. The Balaban J connectivity index is 1.38. The first-order valence-corrected chi connectivity index (χ1v) is 10.6. The summed E-state index contributed by atoms with van der Waals surface area (Å²) in [6.07, 6.45) is 9.01. The fourth-order valence-corrected chi connectivity index (χ4v) is 5.29. The number of carbonyl (C=O) groups excluding carboxylic acids is 1. The van der Waals surface area contributed by atoms with Crippen LogP contribution in [0.3, 0.4) is 0 Å². The topological polar surface area (TPSA) is 77.7 Å². The van der Waals surface area contributed by atoms with Gasteiger partial charge in [0.2, 0.25) is 5.88 Å². The lowest BCUT2D eigenvalue weighted by Gasteiger charge is -2.43. The number of amides is 1. The lowest BCUT2D eigenvalue weighted by molar-refractivity contribution is -0.0789. The molecule has 0 spiro atoms. The van der Waals surface area contributed by atoms with E-state index in [2.05, 4.69) is 10.1 Å². The molecule has 3 unspecified atom stereocenters. The molecular weight excluding hydrogens is 370 g/mol. The number of carbonyl (C=O) groups is 1. The van der Waals surface area contributed by atoms with Crippen molar-refractivity contribution in [3.8, 4) is 5.88 Å². The number of rotatable bonds is 4. The summed E-state index contributed by atoms with van der Waals surface area (Å²) in [6.45, 7) is 0.676. The standard InChI is InChI=1S/C22H27N3O4/c1-27-22-10-9-15(28-19-8-4-5-12-23-19)14-18(22)25(13-11-22)21(26)20-16-6-2-3-7-17(16)29-24-20/h4-5,8,12,15,18H,2-3,6-7,9-11,13-14H2,1H3. The molecule has 1 aliphatic heterocycles. The molecule has 0 bridgehead atoms. The number of fused-ring (bicyclic) bond motifs is 2. The van der Waals surface area contributed by atoms with E-state index in [4.69, 9.17) is 14.0 Å². The van der Waals surface area contributed by atoms with E-state index < -0.39 is 0 Å². The zero-order valence-corrected chi connectivity index (χ0v) is 16.8. The molecule has 5 rings (SSSR count). The van der Waals surface area contributed by atoms with Gasteiger partial charge in [0.05, 0.1) is 11.6 Å². The van der Waals surface area contributed by atoms with Gasteiger partial charge in [-0.3, -0.25) is 4.79 Å². The van der Waals surface area contributed by atoms with Crippen molar-refractivity contribution in [2.24, 2.45) is 0 Å². The van der Waals surface area contributed by atoms with Crippen molar-refractivity contribution < 1.29 is 18.8 Å². The summed E-state index contributed by atoms with van der Waals surface area (Å²) in [5.74, 6) is 1.49. The highest BCUT2D eigenvalue weighted by Gasteiger charge is 2.53. The smallest absolute Gasteiger partial charge is 0.276 e. The minimum atomic E-state index is -0.302. The van der Waals surface area contributed by atoms with Gasteiger partial charge in [-0.1, -0.05) is 11.2 Å². The summed E-state index contributed by atoms with van der Waals surface area (Å²) in [4.78, 5) is 19.7. The molecule has 1 amide bonds. The zero-order valence-electron chi connectivity index (χ0n) is 16.8. The third-order valence-electron chi connectivity index (χ3n) is 6.88. The number of aromatic nitrogens is 2. The Labute approximate surface area is 170 Å². The van der Waals surface area contributed by atoms with E-state index in [9.17, 15) is 4.79 Å². The zero-order chi connectivity index (χ0) is 19.8. The molecule has 1 saturated carbocycles. The van der Waals surface area contributed by atoms with Crippen molar-refractivity contribution in [3.05, 3.63) is 41.4 Å². The van der Waals surface area contributed by atoms with Crippen LogP contribution in [0.25, 0.3) is 0 Å². The predicted molar refractivity (Wildman–Crippen MR) is 105 cm³/mol. The van der Waals surface area contributed by atoms with E-state index in [1.807, 2.05) is 23.1 Å². The Morgan fingerprint density at radius 2 is 2.17 bits per heavy atom. The van der Waals surface area contributed by atoms with Crippen molar-refractivity contribution in [1.82, 2.24) is 15.0 Å². The highest BCUT2D eigenvalue weighted by atomic mass is 16.5. The van der Waals surface area contributed by atoms with Crippen LogP contribution in [0.4, 0.5) is 0 Å². The molecular formula is C22H27N3O4. The van der Waals surface area contributed by atoms with Gasteiger partial charge in [0.1, 0.15) is 11.9 Å². The molecule has 2 aromatic heterocycles. The Morgan fingerprint density at radius 1 is 1.28 bits per heavy atom. The monoisotopic (exact) mass is 397 g/mol. The maximum absolute atomic E-state index is 13.5. The SMILES string of the molecule is COC12CCC(Oc3ccccn3)CC1N(C(=O)c1noc3c1CCCC3)CC2. The van der Waals surface area contributed by atoms with Crippen molar-refractivity contribution in [2.45, 2.75) is 69.1 Å². The Bertz CT molecular complexity index is 883. The molecule has 2 aromatic rings. The molecule has 2 fully saturated rings. The number of likely N-dealkylation sites (tertiary alicyclic amines) is 1. The minimum Gasteiger partial charge on any atom is -0.474 e. The van der Waals surface area contributed by atoms with Crippen molar-refractivity contribution in [2.75, 3.05) is 13.7 Å². The molecule has 29 heavy (non-hydrogen) atoms. The second-order valence-electron chi connectivity index (χ2n) is 8.36. The fraction of sp³-hybridized carbons (Fsp3) is 0.591. The maximum Gasteiger partial charge on any atom is 0.276 e. The van der Waals surface area contributed by atoms with Crippen LogP contribution in [0.2, 0.25) is 0 Å². The molecule has 0 N–H and O–H groups in total. The van der Waals surface area contributed by atoms with Gasteiger partial charge in [-0.2, -0.15) is 0 Å². The Hall–Kier alpha value is -2.41. The number of hydrogen-bond donors (Lipinski definition) is 0. The van der Waals surface area contributed by atoms with E-state index in [-0.39, 0.29) is 23.7 Å². The van der Waals surface area contributed by atoms with Crippen molar-refractivity contribution in [3.63, 3.8) is 0 Å². The predicted octanol–water partition coefficient (Wildman–Crippen LogP) is 3.18. The summed E-state index contributed by atoms with van der Waals surface area (Å²) in [7, 11) is 1.76. The fourth-order valence-electron chi connectivity index (χ4n) is 5.29. The van der Waals surface area contributed by atoms with Crippen molar-refractivity contribution in [1.29, 1.82) is 0 Å². The van der Waals surface area contributed by atoms with Crippen LogP contribution in [0.5, 0.6) is 5.88 Å². The first-order valence-electron chi connectivity index (χ1n) is 10.6. The summed E-state index contributed by atoms with van der Waals surface area (Å²) < 4.78 is 17.6. The van der Waals surface area contributed by atoms with Gasteiger partial charge < -0.3 is 18.9 Å². The van der Waals surface area contributed by atoms with Crippen LogP contribution in [-0.2, 0) is 17.6 Å². The second kappa shape index (κ2) is 7.44. The number of aryl methyl sites for hydroxylation is 1. The number of pyridine rings is 1. The highest BCUT2D eigenvalue weighted by Crippen LogP contribution is 2.44.